The maximum Gasteiger partial charge on any atom is 0.0192 e. The van der Waals surface area contributed by atoms with E-state index in [1.807, 2.05) is 0 Å². The Labute approximate surface area is 70.5 Å². The van der Waals surface area contributed by atoms with E-state index in [1.54, 1.807) is 0 Å². The van der Waals surface area contributed by atoms with Crippen molar-refractivity contribution < 1.29 is 0 Å². The van der Waals surface area contributed by atoms with Gasteiger partial charge in [-0.25, -0.2) is 0 Å². The van der Waals surface area contributed by atoms with Gasteiger partial charge < -0.3 is 9.80 Å². The van der Waals surface area contributed by atoms with Crippen molar-refractivity contribution in [1.29, 1.82) is 0 Å². The Hall–Kier alpha value is -0.340. The fourth-order valence-electron chi connectivity index (χ4n) is 1.23. The van der Waals surface area contributed by atoms with Gasteiger partial charge in [-0.1, -0.05) is 0 Å². The molecule has 0 aromatic heterocycles. The highest BCUT2D eigenvalue weighted by Crippen LogP contribution is 2.03. The molecule has 1 aliphatic rings. The summed E-state index contributed by atoms with van der Waals surface area (Å²) in [7, 11) is 4.38. The minimum atomic E-state index is 0.740. The van der Waals surface area contributed by atoms with Gasteiger partial charge >= 0.3 is 0 Å². The van der Waals surface area contributed by atoms with Crippen LogP contribution in [-0.4, -0.2) is 49.6 Å². The normalized spacial score (nSPS) is 27.4. The first-order valence-corrected chi connectivity index (χ1v) is 4.09. The van der Waals surface area contributed by atoms with Crippen LogP contribution in [0, 0.1) is 0 Å². The fourth-order valence-corrected chi connectivity index (χ4v) is 1.23. The predicted molar refractivity (Wildman–Crippen MR) is 50.8 cm³/mol. The molecule has 2 heteroatoms. The predicted octanol–water partition coefficient (Wildman–Crippen LogP) is 1.05. The van der Waals surface area contributed by atoms with Gasteiger partial charge in [0.25, 0.3) is 0 Å². The Balaban J connectivity index is 0.000000461. The number of nitrogens with zero attached hydrogens (tertiary/aromatic N) is 2. The topological polar surface area (TPSA) is 6.48 Å². The first-order chi connectivity index (χ1) is 5.20. The molecule has 0 aromatic rings. The molecule has 1 saturated heterocycles. The summed E-state index contributed by atoms with van der Waals surface area (Å²) in [6.07, 6.45) is 0. The van der Waals surface area contributed by atoms with Crippen LogP contribution < -0.4 is 0 Å². The smallest absolute Gasteiger partial charge is 0.0192 e. The summed E-state index contributed by atoms with van der Waals surface area (Å²) >= 11 is 0. The second-order valence-corrected chi connectivity index (χ2v) is 3.09. The van der Waals surface area contributed by atoms with Crippen molar-refractivity contribution in [2.75, 3.05) is 33.7 Å². The first kappa shape index (κ1) is 10.7. The monoisotopic (exact) mass is 156 g/mol. The average Bonchev–Trinajstić information content (AvgIpc) is 2.02. The largest absolute Gasteiger partial charge is 0.304 e. The van der Waals surface area contributed by atoms with Gasteiger partial charge in [0.15, 0.2) is 0 Å². The van der Waals surface area contributed by atoms with Crippen molar-refractivity contribution in [3.63, 3.8) is 0 Å². The minimum Gasteiger partial charge on any atom is -0.304 e. The van der Waals surface area contributed by atoms with Gasteiger partial charge in [-0.15, -0.1) is 13.2 Å². The summed E-state index contributed by atoms with van der Waals surface area (Å²) in [5.74, 6) is 0. The number of rotatable bonds is 0. The Bertz CT molecular complexity index is 104. The molecule has 1 fully saturated rings. The fraction of sp³-hybridized carbons (Fsp3) is 0.778. The molecule has 1 rings (SSSR count). The van der Waals surface area contributed by atoms with Crippen LogP contribution in [0.25, 0.3) is 0 Å². The SMILES string of the molecule is C=C.C[C@@H]1CN(C)CCN1C. The molecule has 11 heavy (non-hydrogen) atoms. The maximum absolute atomic E-state index is 3.00. The lowest BCUT2D eigenvalue weighted by Crippen LogP contribution is -2.48. The second-order valence-electron chi connectivity index (χ2n) is 3.09. The summed E-state index contributed by atoms with van der Waals surface area (Å²) < 4.78 is 0. The molecule has 66 valence electrons. The van der Waals surface area contributed by atoms with Crippen molar-refractivity contribution in [2.45, 2.75) is 13.0 Å². The zero-order valence-corrected chi connectivity index (χ0v) is 8.01. The van der Waals surface area contributed by atoms with Gasteiger partial charge in [-0.2, -0.15) is 0 Å². The molecular weight excluding hydrogens is 136 g/mol. The maximum atomic E-state index is 3.00. The Kier molecular flexibility index (Phi) is 5.16. The van der Waals surface area contributed by atoms with E-state index in [4.69, 9.17) is 0 Å². The van der Waals surface area contributed by atoms with Gasteiger partial charge in [0.05, 0.1) is 0 Å². The van der Waals surface area contributed by atoms with Crippen molar-refractivity contribution in [2.24, 2.45) is 0 Å². The quantitative estimate of drug-likeness (QED) is 0.484. The van der Waals surface area contributed by atoms with Crippen molar-refractivity contribution in [3.8, 4) is 0 Å². The lowest BCUT2D eigenvalue weighted by Gasteiger charge is -2.35. The molecule has 1 heterocycles. The molecule has 0 aromatic carbocycles. The molecule has 0 unspecified atom stereocenters. The third-order valence-electron chi connectivity index (χ3n) is 2.16. The van der Waals surface area contributed by atoms with Crippen LogP contribution in [0.15, 0.2) is 13.2 Å². The summed E-state index contributed by atoms with van der Waals surface area (Å²) in [6.45, 7) is 11.9. The molecule has 1 atom stereocenters. The van der Waals surface area contributed by atoms with Crippen LogP contribution in [0.5, 0.6) is 0 Å². The minimum absolute atomic E-state index is 0.740. The van der Waals surface area contributed by atoms with Gasteiger partial charge in [0.1, 0.15) is 0 Å². The molecule has 0 saturated carbocycles. The van der Waals surface area contributed by atoms with Crippen LogP contribution >= 0.6 is 0 Å². The van der Waals surface area contributed by atoms with Gasteiger partial charge in [-0.05, 0) is 21.0 Å². The highest BCUT2D eigenvalue weighted by molar-refractivity contribution is 4.73. The van der Waals surface area contributed by atoms with E-state index >= 15 is 0 Å². The molecule has 0 aliphatic carbocycles. The first-order valence-electron chi connectivity index (χ1n) is 4.09. The zero-order valence-electron chi connectivity index (χ0n) is 8.01. The molecule has 0 bridgehead atoms. The third kappa shape index (κ3) is 3.54. The van der Waals surface area contributed by atoms with E-state index in [0.717, 1.165) is 6.04 Å². The Morgan fingerprint density at radius 3 is 2.09 bits per heavy atom. The van der Waals surface area contributed by atoms with Gasteiger partial charge in [-0.3, -0.25) is 0 Å². The molecule has 0 radical (unpaired) electrons. The summed E-state index contributed by atoms with van der Waals surface area (Å²) in [5, 5.41) is 0. The standard InChI is InChI=1S/C7H16N2.C2H4/c1-7-6-8(2)4-5-9(7)3;1-2/h7H,4-6H2,1-3H3;1-2H2/t7-;/m1./s1. The van der Waals surface area contributed by atoms with E-state index in [9.17, 15) is 0 Å². The molecule has 1 aliphatic heterocycles. The highest BCUT2D eigenvalue weighted by Gasteiger charge is 2.16. The van der Waals surface area contributed by atoms with Crippen LogP contribution in [0.2, 0.25) is 0 Å². The van der Waals surface area contributed by atoms with Crippen molar-refractivity contribution in [3.05, 3.63) is 13.2 Å². The lowest BCUT2D eigenvalue weighted by atomic mass is 10.2. The van der Waals surface area contributed by atoms with Crippen LogP contribution in [0.3, 0.4) is 0 Å². The Morgan fingerprint density at radius 1 is 1.18 bits per heavy atom. The highest BCUT2D eigenvalue weighted by atomic mass is 15.3. The van der Waals surface area contributed by atoms with Crippen molar-refractivity contribution in [1.82, 2.24) is 9.80 Å². The van der Waals surface area contributed by atoms with E-state index in [-0.39, 0.29) is 0 Å². The average molecular weight is 156 g/mol. The number of hydrogen-bond donors (Lipinski definition) is 0. The second kappa shape index (κ2) is 5.33. The molecule has 0 spiro atoms. The third-order valence-corrected chi connectivity index (χ3v) is 2.16. The zero-order chi connectivity index (χ0) is 8.85. The molecule has 0 amide bonds. The van der Waals surface area contributed by atoms with Crippen molar-refractivity contribution >= 4 is 0 Å². The van der Waals surface area contributed by atoms with E-state index in [2.05, 4.69) is 44.0 Å². The number of piperazine rings is 1. The lowest BCUT2D eigenvalue weighted by molar-refractivity contribution is 0.125. The summed E-state index contributed by atoms with van der Waals surface area (Å²) in [6, 6.07) is 0.740. The van der Waals surface area contributed by atoms with Gasteiger partial charge in [0, 0.05) is 25.7 Å². The molecular formula is C9H20N2. The molecule has 2 nitrogen and oxygen atoms in total. The number of likely N-dealkylation sites (N-methyl/N-ethyl adjacent to an activating group) is 2. The molecule has 0 N–H and O–H groups in total. The van der Waals surface area contributed by atoms with Gasteiger partial charge in [0.2, 0.25) is 0 Å². The number of hydrogen-bond acceptors (Lipinski definition) is 2. The summed E-state index contributed by atoms with van der Waals surface area (Å²) in [5.41, 5.74) is 0. The van der Waals surface area contributed by atoms with Crippen LogP contribution in [-0.2, 0) is 0 Å². The Morgan fingerprint density at radius 2 is 1.73 bits per heavy atom. The van der Waals surface area contributed by atoms with E-state index in [0.29, 0.717) is 0 Å². The van der Waals surface area contributed by atoms with E-state index in [1.165, 1.54) is 19.6 Å². The van der Waals surface area contributed by atoms with Crippen LogP contribution in [0.1, 0.15) is 6.92 Å². The van der Waals surface area contributed by atoms with E-state index < -0.39 is 0 Å². The van der Waals surface area contributed by atoms with Crippen LogP contribution in [0.4, 0.5) is 0 Å². The summed E-state index contributed by atoms with van der Waals surface area (Å²) in [4.78, 5) is 4.78.